The summed E-state index contributed by atoms with van der Waals surface area (Å²) in [4.78, 5) is 26.3. The molecule has 11 heteroatoms. The van der Waals surface area contributed by atoms with Crippen molar-refractivity contribution in [2.75, 3.05) is 25.1 Å². The Hall–Kier alpha value is -3.21. The van der Waals surface area contributed by atoms with Gasteiger partial charge in [-0.25, -0.2) is 14.8 Å². The van der Waals surface area contributed by atoms with E-state index in [0.29, 0.717) is 41.1 Å². The molecule has 0 bridgehead atoms. The molecule has 0 unspecified atom stereocenters. The van der Waals surface area contributed by atoms with Crippen molar-refractivity contribution in [1.82, 2.24) is 19.5 Å². The molecule has 0 aliphatic carbocycles. The molecule has 0 amide bonds. The lowest BCUT2D eigenvalue weighted by Crippen LogP contribution is -2.33. The third kappa shape index (κ3) is 4.76. The SMILES string of the molecule is COc1cc(C2=CCN(c3ncn(Cc4ccc(C(F)(F)F)s4)c(=O)n3)CC2)ccn1. The maximum absolute atomic E-state index is 12.7. The van der Waals surface area contributed by atoms with Crippen LogP contribution in [0, 0.1) is 0 Å². The van der Waals surface area contributed by atoms with Crippen LogP contribution >= 0.6 is 11.3 Å². The summed E-state index contributed by atoms with van der Waals surface area (Å²) in [6.45, 7) is 1.15. The van der Waals surface area contributed by atoms with Crippen molar-refractivity contribution >= 4 is 22.9 Å². The average molecular weight is 449 g/mol. The first kappa shape index (κ1) is 21.0. The summed E-state index contributed by atoms with van der Waals surface area (Å²) < 4.78 is 44.6. The van der Waals surface area contributed by atoms with E-state index in [4.69, 9.17) is 4.74 Å². The number of thiophene rings is 1. The summed E-state index contributed by atoms with van der Waals surface area (Å²) in [5, 5.41) is 0. The van der Waals surface area contributed by atoms with Gasteiger partial charge in [0, 0.05) is 30.2 Å². The minimum absolute atomic E-state index is 0.00616. The lowest BCUT2D eigenvalue weighted by atomic mass is 10.0. The summed E-state index contributed by atoms with van der Waals surface area (Å²) in [5.74, 6) is 0.840. The number of anilines is 1. The number of hydrogen-bond donors (Lipinski definition) is 0. The molecule has 1 aliphatic rings. The number of rotatable bonds is 5. The van der Waals surface area contributed by atoms with Crippen LogP contribution in [0.3, 0.4) is 0 Å². The van der Waals surface area contributed by atoms with Gasteiger partial charge in [-0.15, -0.1) is 11.3 Å². The van der Waals surface area contributed by atoms with Crippen LogP contribution in [0.2, 0.25) is 0 Å². The molecule has 4 heterocycles. The molecule has 31 heavy (non-hydrogen) atoms. The second-order valence-corrected chi connectivity index (χ2v) is 8.01. The van der Waals surface area contributed by atoms with Crippen molar-refractivity contribution in [2.45, 2.75) is 19.1 Å². The Morgan fingerprint density at radius 1 is 1.23 bits per heavy atom. The summed E-state index contributed by atoms with van der Waals surface area (Å²) in [6.07, 6.45) is 1.39. The molecule has 0 aromatic carbocycles. The largest absolute Gasteiger partial charge is 0.481 e. The van der Waals surface area contributed by atoms with Crippen molar-refractivity contribution in [2.24, 2.45) is 0 Å². The van der Waals surface area contributed by atoms with Crippen molar-refractivity contribution in [3.05, 3.63) is 68.7 Å². The summed E-state index contributed by atoms with van der Waals surface area (Å²) >= 11 is 0.604. The van der Waals surface area contributed by atoms with Crippen LogP contribution in [0.4, 0.5) is 19.1 Å². The molecule has 3 aromatic rings. The van der Waals surface area contributed by atoms with Gasteiger partial charge < -0.3 is 9.64 Å². The van der Waals surface area contributed by atoms with Crippen molar-refractivity contribution < 1.29 is 17.9 Å². The van der Waals surface area contributed by atoms with E-state index >= 15 is 0 Å². The molecular weight excluding hydrogens is 431 g/mol. The first-order valence-corrected chi connectivity index (χ1v) is 10.2. The fourth-order valence-electron chi connectivity index (χ4n) is 3.23. The Kier molecular flexibility index (Phi) is 5.77. The third-order valence-electron chi connectivity index (χ3n) is 4.83. The Bertz CT molecular complexity index is 1170. The molecule has 0 saturated carbocycles. The van der Waals surface area contributed by atoms with E-state index < -0.39 is 16.7 Å². The Morgan fingerprint density at radius 2 is 2.06 bits per heavy atom. The van der Waals surface area contributed by atoms with Gasteiger partial charge in [-0.3, -0.25) is 4.57 Å². The van der Waals surface area contributed by atoms with Crippen LogP contribution < -0.4 is 15.3 Å². The molecule has 7 nitrogen and oxygen atoms in total. The Morgan fingerprint density at radius 3 is 2.71 bits per heavy atom. The molecule has 1 aliphatic heterocycles. The predicted octanol–water partition coefficient (Wildman–Crippen LogP) is 3.46. The lowest BCUT2D eigenvalue weighted by Gasteiger charge is -2.26. The topological polar surface area (TPSA) is 73.1 Å². The van der Waals surface area contributed by atoms with E-state index in [0.717, 1.165) is 23.6 Å². The van der Waals surface area contributed by atoms with Crippen molar-refractivity contribution in [3.63, 3.8) is 0 Å². The fourth-order valence-corrected chi connectivity index (χ4v) is 4.10. The average Bonchev–Trinajstić information content (AvgIpc) is 3.25. The van der Waals surface area contributed by atoms with Crippen LogP contribution in [0.15, 0.2) is 47.7 Å². The molecule has 0 spiro atoms. The minimum atomic E-state index is -4.39. The highest BCUT2D eigenvalue weighted by molar-refractivity contribution is 7.12. The van der Waals surface area contributed by atoms with Crippen LogP contribution in [0.25, 0.3) is 5.57 Å². The molecule has 0 fully saturated rings. The van der Waals surface area contributed by atoms with Gasteiger partial charge in [-0.1, -0.05) is 6.08 Å². The number of ether oxygens (including phenoxy) is 1. The molecule has 162 valence electrons. The number of hydrogen-bond acceptors (Lipinski definition) is 7. The molecule has 4 rings (SSSR count). The predicted molar refractivity (Wildman–Crippen MR) is 110 cm³/mol. The van der Waals surface area contributed by atoms with E-state index in [1.807, 2.05) is 23.1 Å². The first-order chi connectivity index (χ1) is 14.8. The molecule has 3 aromatic heterocycles. The van der Waals surface area contributed by atoms with Gasteiger partial charge in [0.25, 0.3) is 0 Å². The highest BCUT2D eigenvalue weighted by Gasteiger charge is 2.32. The van der Waals surface area contributed by atoms with Gasteiger partial charge in [0.2, 0.25) is 11.8 Å². The zero-order chi connectivity index (χ0) is 22.0. The number of alkyl halides is 3. The maximum atomic E-state index is 12.7. The van der Waals surface area contributed by atoms with Crippen LogP contribution in [-0.2, 0) is 12.7 Å². The third-order valence-corrected chi connectivity index (χ3v) is 5.94. The second kappa shape index (κ2) is 8.50. The van der Waals surface area contributed by atoms with Gasteiger partial charge in [0.1, 0.15) is 11.2 Å². The number of aromatic nitrogens is 4. The molecule has 0 saturated heterocycles. The van der Waals surface area contributed by atoms with Gasteiger partial charge in [-0.2, -0.15) is 18.2 Å². The molecule has 0 N–H and O–H groups in total. The van der Waals surface area contributed by atoms with E-state index in [9.17, 15) is 18.0 Å². The molecule has 0 radical (unpaired) electrons. The number of methoxy groups -OCH3 is 1. The summed E-state index contributed by atoms with van der Waals surface area (Å²) in [7, 11) is 1.57. The van der Waals surface area contributed by atoms with Crippen LogP contribution in [-0.4, -0.2) is 39.7 Å². The zero-order valence-electron chi connectivity index (χ0n) is 16.5. The van der Waals surface area contributed by atoms with Crippen LogP contribution in [0.5, 0.6) is 5.88 Å². The normalized spacial score (nSPS) is 14.5. The van der Waals surface area contributed by atoms with Gasteiger partial charge >= 0.3 is 11.9 Å². The smallest absolute Gasteiger partial charge is 0.425 e. The summed E-state index contributed by atoms with van der Waals surface area (Å²) in [6, 6.07) is 6.15. The lowest BCUT2D eigenvalue weighted by molar-refractivity contribution is -0.134. The van der Waals surface area contributed by atoms with E-state index in [2.05, 4.69) is 15.0 Å². The van der Waals surface area contributed by atoms with E-state index in [1.165, 1.54) is 17.0 Å². The Balaban J connectivity index is 1.45. The number of halogens is 3. The van der Waals surface area contributed by atoms with Crippen molar-refractivity contribution in [3.8, 4) is 5.88 Å². The number of nitrogens with zero attached hydrogens (tertiary/aromatic N) is 5. The standard InChI is InChI=1S/C20H18F3N5O2S/c1-30-17-10-14(4-7-24-17)13-5-8-27(9-6-13)18-25-12-28(19(29)26-18)11-15-2-3-16(31-15)20(21,22)23/h2-5,7,10,12H,6,8-9,11H2,1H3. The highest BCUT2D eigenvalue weighted by Crippen LogP contribution is 2.34. The van der Waals surface area contributed by atoms with Crippen LogP contribution in [0.1, 0.15) is 21.7 Å². The summed E-state index contributed by atoms with van der Waals surface area (Å²) in [5.41, 5.74) is 1.61. The first-order valence-electron chi connectivity index (χ1n) is 9.37. The van der Waals surface area contributed by atoms with Gasteiger partial charge in [0.15, 0.2) is 0 Å². The van der Waals surface area contributed by atoms with E-state index in [1.54, 1.807) is 13.3 Å². The zero-order valence-corrected chi connectivity index (χ0v) is 17.3. The highest BCUT2D eigenvalue weighted by atomic mass is 32.1. The van der Waals surface area contributed by atoms with Crippen molar-refractivity contribution in [1.29, 1.82) is 0 Å². The minimum Gasteiger partial charge on any atom is -0.481 e. The van der Waals surface area contributed by atoms with Gasteiger partial charge in [0.05, 0.1) is 13.7 Å². The fraction of sp³-hybridized carbons (Fsp3) is 0.300. The molecule has 0 atom stereocenters. The Labute approximate surface area is 179 Å². The monoisotopic (exact) mass is 449 g/mol. The number of pyridine rings is 1. The second-order valence-electron chi connectivity index (χ2n) is 6.84. The molecular formula is C20H18F3N5O2S. The van der Waals surface area contributed by atoms with Gasteiger partial charge in [-0.05, 0) is 35.8 Å². The maximum Gasteiger partial charge on any atom is 0.425 e. The quantitative estimate of drug-likeness (QED) is 0.594. The van der Waals surface area contributed by atoms with E-state index in [-0.39, 0.29) is 6.54 Å².